The molecule has 0 atom stereocenters. The third kappa shape index (κ3) is 4.59. The Morgan fingerprint density at radius 3 is 2.21 bits per heavy atom. The zero-order valence-electron chi connectivity index (χ0n) is 11.7. The first-order valence-corrected chi connectivity index (χ1v) is 12.3. The molecule has 2 rings (SSSR count). The SMILES string of the molecule is C=C(O)c1c(C)c(C)nc2ccccc12.CC.II. The zero-order chi connectivity index (χ0) is 15.0. The van der Waals surface area contributed by atoms with Crippen LogP contribution in [0.15, 0.2) is 30.8 Å². The van der Waals surface area contributed by atoms with Crippen LogP contribution in [0.4, 0.5) is 0 Å². The summed E-state index contributed by atoms with van der Waals surface area (Å²) in [6, 6.07) is 7.76. The lowest BCUT2D eigenvalue weighted by molar-refractivity contribution is 0.514. The minimum atomic E-state index is 0.106. The number of benzene rings is 1. The molecule has 104 valence electrons. The van der Waals surface area contributed by atoms with Gasteiger partial charge in [-0.15, -0.1) is 0 Å². The molecule has 1 N–H and O–H groups in total. The van der Waals surface area contributed by atoms with Crippen LogP contribution in [0.2, 0.25) is 0 Å². The summed E-state index contributed by atoms with van der Waals surface area (Å²) >= 11 is 4.24. The molecule has 0 amide bonds. The Bertz CT molecular complexity index is 553. The van der Waals surface area contributed by atoms with E-state index in [4.69, 9.17) is 0 Å². The van der Waals surface area contributed by atoms with Crippen LogP contribution >= 0.6 is 37.2 Å². The normalized spacial score (nSPS) is 8.95. The van der Waals surface area contributed by atoms with Gasteiger partial charge in [0.2, 0.25) is 0 Å². The van der Waals surface area contributed by atoms with E-state index in [1.165, 1.54) is 0 Å². The van der Waals surface area contributed by atoms with Crippen LogP contribution in [0, 0.1) is 13.8 Å². The maximum atomic E-state index is 9.60. The van der Waals surface area contributed by atoms with Gasteiger partial charge in [-0.3, -0.25) is 4.98 Å². The first kappa shape index (κ1) is 18.6. The third-order valence-corrected chi connectivity index (χ3v) is 2.67. The number of nitrogens with zero attached hydrogens (tertiary/aromatic N) is 1. The number of halogens is 2. The van der Waals surface area contributed by atoms with Gasteiger partial charge >= 0.3 is 0 Å². The molecule has 2 nitrogen and oxygen atoms in total. The van der Waals surface area contributed by atoms with Crippen molar-refractivity contribution in [3.63, 3.8) is 0 Å². The number of hydrogen-bond acceptors (Lipinski definition) is 2. The Morgan fingerprint density at radius 1 is 1.16 bits per heavy atom. The van der Waals surface area contributed by atoms with Crippen LogP contribution in [0.25, 0.3) is 16.7 Å². The molecule has 0 aliphatic carbocycles. The van der Waals surface area contributed by atoms with E-state index in [9.17, 15) is 5.11 Å². The van der Waals surface area contributed by atoms with E-state index in [0.29, 0.717) is 0 Å². The molecule has 1 aromatic carbocycles. The highest BCUT2D eigenvalue weighted by Crippen LogP contribution is 2.26. The average Bonchev–Trinajstić information content (AvgIpc) is 2.44. The van der Waals surface area contributed by atoms with Crippen LogP contribution < -0.4 is 0 Å². The quantitative estimate of drug-likeness (QED) is 0.389. The fourth-order valence-corrected chi connectivity index (χ4v) is 1.80. The number of aliphatic hydroxyl groups is 1. The first-order chi connectivity index (χ1) is 9.11. The van der Waals surface area contributed by atoms with Crippen molar-refractivity contribution in [3.8, 4) is 0 Å². The highest BCUT2D eigenvalue weighted by molar-refractivity contribution is 15.0. The van der Waals surface area contributed by atoms with E-state index in [1.54, 1.807) is 0 Å². The number of pyridine rings is 1. The summed E-state index contributed by atoms with van der Waals surface area (Å²) < 4.78 is 0. The summed E-state index contributed by atoms with van der Waals surface area (Å²) in [6.07, 6.45) is 0. The summed E-state index contributed by atoms with van der Waals surface area (Å²) in [6.45, 7) is 11.5. The number of hydrogen-bond donors (Lipinski definition) is 1. The average molecular weight is 483 g/mol. The highest BCUT2D eigenvalue weighted by Gasteiger charge is 2.10. The number of rotatable bonds is 1. The molecule has 2 aromatic rings. The standard InChI is InChI=1S/C13H13NO.C2H6.I2/c1-8-9(2)14-12-7-5-4-6-11(12)13(8)10(3)15;2*1-2/h4-7,15H,3H2,1-2H3;1-2H3;. The number of aliphatic hydroxyl groups excluding tert-OH is 1. The molecule has 0 bridgehead atoms. The third-order valence-electron chi connectivity index (χ3n) is 2.67. The second-order valence-corrected chi connectivity index (χ2v) is 3.66. The van der Waals surface area contributed by atoms with Crippen molar-refractivity contribution >= 4 is 53.9 Å². The van der Waals surface area contributed by atoms with Crippen LogP contribution in [-0.4, -0.2) is 10.1 Å². The molecule has 1 aromatic heterocycles. The van der Waals surface area contributed by atoms with Gasteiger partial charge in [0.25, 0.3) is 0 Å². The highest BCUT2D eigenvalue weighted by atomic mass is 128. The van der Waals surface area contributed by atoms with Crippen molar-refractivity contribution in [2.45, 2.75) is 27.7 Å². The van der Waals surface area contributed by atoms with Gasteiger partial charge in [-0.05, 0) is 25.5 Å². The number of aromatic nitrogens is 1. The first-order valence-electron chi connectivity index (χ1n) is 5.99. The maximum Gasteiger partial charge on any atom is 0.116 e. The summed E-state index contributed by atoms with van der Waals surface area (Å²) in [5.41, 5.74) is 3.61. The molecule has 1 heterocycles. The Labute approximate surface area is 138 Å². The zero-order valence-corrected chi connectivity index (χ0v) is 16.0. The van der Waals surface area contributed by atoms with Crippen LogP contribution in [0.1, 0.15) is 30.7 Å². The maximum absolute atomic E-state index is 9.60. The van der Waals surface area contributed by atoms with Crippen LogP contribution in [0.3, 0.4) is 0 Å². The van der Waals surface area contributed by atoms with E-state index in [-0.39, 0.29) is 5.76 Å². The van der Waals surface area contributed by atoms with Crippen LogP contribution in [0.5, 0.6) is 0 Å². The molecule has 0 radical (unpaired) electrons. The molecule has 0 aliphatic rings. The molecule has 0 saturated heterocycles. The predicted octanol–water partition coefficient (Wildman–Crippen LogP) is 6.18. The fourth-order valence-electron chi connectivity index (χ4n) is 1.80. The van der Waals surface area contributed by atoms with Gasteiger partial charge in [-0.1, -0.05) is 38.6 Å². The molecule has 0 spiro atoms. The molecular formula is C15H19I2NO. The van der Waals surface area contributed by atoms with Gasteiger partial charge in [0.05, 0.1) is 5.52 Å². The van der Waals surface area contributed by atoms with Crippen molar-refractivity contribution in [2.24, 2.45) is 0 Å². The van der Waals surface area contributed by atoms with Gasteiger partial charge in [-0.2, -0.15) is 0 Å². The van der Waals surface area contributed by atoms with E-state index in [1.807, 2.05) is 52.0 Å². The topological polar surface area (TPSA) is 33.1 Å². The predicted molar refractivity (Wildman–Crippen MR) is 102 cm³/mol. The lowest BCUT2D eigenvalue weighted by Gasteiger charge is -2.10. The molecule has 4 heteroatoms. The van der Waals surface area contributed by atoms with Crippen molar-refractivity contribution in [2.75, 3.05) is 0 Å². The van der Waals surface area contributed by atoms with Gasteiger partial charge in [-0.25, -0.2) is 0 Å². The summed E-state index contributed by atoms with van der Waals surface area (Å²) in [5, 5.41) is 10.6. The second kappa shape index (κ2) is 9.52. The molecule has 0 unspecified atom stereocenters. The molecular weight excluding hydrogens is 464 g/mol. The molecule has 19 heavy (non-hydrogen) atoms. The van der Waals surface area contributed by atoms with Crippen molar-refractivity contribution < 1.29 is 5.11 Å². The molecule has 0 saturated carbocycles. The van der Waals surface area contributed by atoms with Crippen LogP contribution in [-0.2, 0) is 0 Å². The lowest BCUT2D eigenvalue weighted by atomic mass is 10.0. The molecule has 0 fully saturated rings. The summed E-state index contributed by atoms with van der Waals surface area (Å²) in [4.78, 5) is 4.47. The summed E-state index contributed by atoms with van der Waals surface area (Å²) in [7, 11) is 0. The Hall–Kier alpha value is -0.370. The van der Waals surface area contributed by atoms with Gasteiger partial charge in [0.1, 0.15) is 5.76 Å². The molecule has 0 aliphatic heterocycles. The van der Waals surface area contributed by atoms with Gasteiger partial charge < -0.3 is 5.11 Å². The number of para-hydroxylation sites is 1. The lowest BCUT2D eigenvalue weighted by Crippen LogP contribution is -1.96. The number of fused-ring (bicyclic) bond motifs is 1. The Morgan fingerprint density at radius 2 is 1.68 bits per heavy atom. The Kier molecular flexibility index (Phi) is 9.34. The minimum Gasteiger partial charge on any atom is -0.508 e. The van der Waals surface area contributed by atoms with Crippen molar-refractivity contribution in [1.29, 1.82) is 0 Å². The Balaban J connectivity index is 0.000000741. The van der Waals surface area contributed by atoms with Gasteiger partial charge in [0, 0.05) is 53.9 Å². The monoisotopic (exact) mass is 483 g/mol. The largest absolute Gasteiger partial charge is 0.508 e. The number of aryl methyl sites for hydroxylation is 1. The van der Waals surface area contributed by atoms with Gasteiger partial charge in [0.15, 0.2) is 0 Å². The van der Waals surface area contributed by atoms with E-state index >= 15 is 0 Å². The smallest absolute Gasteiger partial charge is 0.116 e. The summed E-state index contributed by atoms with van der Waals surface area (Å²) in [5.74, 6) is 0.106. The second-order valence-electron chi connectivity index (χ2n) is 3.66. The van der Waals surface area contributed by atoms with Crippen molar-refractivity contribution in [3.05, 3.63) is 47.7 Å². The fraction of sp³-hybridized carbons (Fsp3) is 0.267. The van der Waals surface area contributed by atoms with E-state index in [0.717, 1.165) is 27.7 Å². The van der Waals surface area contributed by atoms with Crippen molar-refractivity contribution in [1.82, 2.24) is 4.98 Å². The van der Waals surface area contributed by atoms with E-state index < -0.39 is 0 Å². The minimum absolute atomic E-state index is 0.106. The van der Waals surface area contributed by atoms with E-state index in [2.05, 4.69) is 48.8 Å².